The highest BCUT2D eigenvalue weighted by Gasteiger charge is 2.31. The number of hydrogen-bond donors (Lipinski definition) is 0. The molecule has 0 spiro atoms. The second-order valence-corrected chi connectivity index (χ2v) is 9.87. The van der Waals surface area contributed by atoms with E-state index in [1.54, 1.807) is 12.1 Å². The summed E-state index contributed by atoms with van der Waals surface area (Å²) in [4.78, 5) is 2.04. The highest BCUT2D eigenvalue weighted by atomic mass is 35.5. The van der Waals surface area contributed by atoms with Crippen LogP contribution >= 0.6 is 23.2 Å². The molecule has 1 aliphatic rings. The third-order valence-corrected chi connectivity index (χ3v) is 8.08. The minimum absolute atomic E-state index is 0.0274. The zero-order valence-electron chi connectivity index (χ0n) is 17.4. The van der Waals surface area contributed by atoms with Gasteiger partial charge in [0.2, 0.25) is 10.0 Å². The molecular weight excluding hydrogens is 471 g/mol. The number of halogens is 2. The number of ether oxygens (including phenoxy) is 1. The summed E-state index contributed by atoms with van der Waals surface area (Å²) in [5.41, 5.74) is 1.70. The van der Waals surface area contributed by atoms with Crippen LogP contribution in [0.25, 0.3) is 11.3 Å². The largest absolute Gasteiger partial charge is 0.494 e. The number of nitrogens with zero attached hydrogens (tertiary/aromatic N) is 4. The van der Waals surface area contributed by atoms with E-state index in [0.717, 1.165) is 17.0 Å². The van der Waals surface area contributed by atoms with Gasteiger partial charge in [0.05, 0.1) is 22.3 Å². The van der Waals surface area contributed by atoms with Crippen LogP contribution in [-0.2, 0) is 10.0 Å². The number of sulfonamides is 1. The Morgan fingerprint density at radius 2 is 1.66 bits per heavy atom. The molecule has 0 unspecified atom stereocenters. The molecule has 1 fully saturated rings. The zero-order chi connectivity index (χ0) is 22.7. The minimum atomic E-state index is -3.73. The van der Waals surface area contributed by atoms with E-state index in [4.69, 9.17) is 27.9 Å². The third-order valence-electron chi connectivity index (χ3n) is 5.21. The summed E-state index contributed by atoms with van der Waals surface area (Å²) in [5.74, 6) is 1.52. The lowest BCUT2D eigenvalue weighted by atomic mass is 10.1. The van der Waals surface area contributed by atoms with Crippen LogP contribution in [0.5, 0.6) is 5.75 Å². The van der Waals surface area contributed by atoms with Gasteiger partial charge in [-0.2, -0.15) is 4.31 Å². The molecule has 0 bridgehead atoms. The van der Waals surface area contributed by atoms with Crippen molar-refractivity contribution in [1.29, 1.82) is 0 Å². The summed E-state index contributed by atoms with van der Waals surface area (Å²) in [6.07, 6.45) is 0. The van der Waals surface area contributed by atoms with Gasteiger partial charge >= 0.3 is 0 Å². The van der Waals surface area contributed by atoms with E-state index in [9.17, 15) is 8.42 Å². The number of hydrogen-bond acceptors (Lipinski definition) is 6. The summed E-state index contributed by atoms with van der Waals surface area (Å²) in [6, 6.07) is 16.1. The molecule has 10 heteroatoms. The molecule has 0 N–H and O–H groups in total. The minimum Gasteiger partial charge on any atom is -0.494 e. The Labute approximate surface area is 197 Å². The fraction of sp³-hybridized carbons (Fsp3) is 0.273. The first kappa shape index (κ1) is 22.8. The van der Waals surface area contributed by atoms with Crippen LogP contribution in [-0.4, -0.2) is 55.7 Å². The Bertz CT molecular complexity index is 1180. The van der Waals surface area contributed by atoms with E-state index in [1.165, 1.54) is 10.4 Å². The number of anilines is 1. The predicted octanol–water partition coefficient (Wildman–Crippen LogP) is 4.36. The molecular formula is C22H22Cl2N4O3S. The van der Waals surface area contributed by atoms with Gasteiger partial charge in [-0.1, -0.05) is 29.3 Å². The van der Waals surface area contributed by atoms with Crippen molar-refractivity contribution < 1.29 is 13.2 Å². The van der Waals surface area contributed by atoms with Gasteiger partial charge in [0, 0.05) is 31.7 Å². The van der Waals surface area contributed by atoms with Crippen molar-refractivity contribution in [2.45, 2.75) is 11.8 Å². The van der Waals surface area contributed by atoms with Gasteiger partial charge in [-0.25, -0.2) is 8.42 Å². The molecule has 2 aromatic carbocycles. The molecule has 0 aliphatic carbocycles. The van der Waals surface area contributed by atoms with E-state index in [0.29, 0.717) is 38.6 Å². The van der Waals surface area contributed by atoms with Crippen molar-refractivity contribution in [1.82, 2.24) is 14.5 Å². The highest BCUT2D eigenvalue weighted by molar-refractivity contribution is 7.89. The number of benzene rings is 2. The smallest absolute Gasteiger partial charge is 0.244 e. The average molecular weight is 493 g/mol. The van der Waals surface area contributed by atoms with E-state index in [2.05, 4.69) is 10.2 Å². The fourth-order valence-electron chi connectivity index (χ4n) is 3.52. The van der Waals surface area contributed by atoms with Crippen molar-refractivity contribution in [2.24, 2.45) is 0 Å². The van der Waals surface area contributed by atoms with Crippen molar-refractivity contribution in [3.8, 4) is 17.0 Å². The Kier molecular flexibility index (Phi) is 6.85. The van der Waals surface area contributed by atoms with E-state index in [1.807, 2.05) is 48.2 Å². The summed E-state index contributed by atoms with van der Waals surface area (Å²) >= 11 is 12.1. The quantitative estimate of drug-likeness (QED) is 0.508. The summed E-state index contributed by atoms with van der Waals surface area (Å²) in [7, 11) is -3.73. The second kappa shape index (κ2) is 9.62. The number of aromatic nitrogens is 2. The lowest BCUT2D eigenvalue weighted by molar-refractivity contribution is 0.340. The van der Waals surface area contributed by atoms with E-state index < -0.39 is 10.0 Å². The molecule has 32 heavy (non-hydrogen) atoms. The molecule has 1 aromatic heterocycles. The first-order valence-electron chi connectivity index (χ1n) is 10.2. The number of piperazine rings is 1. The van der Waals surface area contributed by atoms with Crippen molar-refractivity contribution in [3.05, 3.63) is 64.6 Å². The molecule has 0 amide bonds. The molecule has 0 saturated carbocycles. The van der Waals surface area contributed by atoms with Crippen LogP contribution in [0, 0.1) is 0 Å². The van der Waals surface area contributed by atoms with Crippen LogP contribution in [0.1, 0.15) is 6.92 Å². The van der Waals surface area contributed by atoms with E-state index >= 15 is 0 Å². The maximum absolute atomic E-state index is 13.0. The van der Waals surface area contributed by atoms with Crippen LogP contribution in [0.4, 0.5) is 5.82 Å². The predicted molar refractivity (Wildman–Crippen MR) is 126 cm³/mol. The fourth-order valence-corrected chi connectivity index (χ4v) is 5.67. The molecule has 3 aromatic rings. The standard InChI is InChI=1S/C22H22Cl2N4O3S/c1-2-31-17-8-6-16(7-9-17)19-10-11-21(26-25-19)27-12-14-28(15-13-27)32(29,30)20-5-3-4-18(23)22(20)24/h3-11H,2,12-15H2,1H3. The molecule has 1 aliphatic heterocycles. The Morgan fingerprint density at radius 1 is 0.938 bits per heavy atom. The van der Waals surface area contributed by atoms with Gasteiger partial charge < -0.3 is 9.64 Å². The van der Waals surface area contributed by atoms with Gasteiger partial charge in [-0.15, -0.1) is 10.2 Å². The zero-order valence-corrected chi connectivity index (χ0v) is 19.7. The topological polar surface area (TPSA) is 75.6 Å². The lowest BCUT2D eigenvalue weighted by Gasteiger charge is -2.34. The first-order chi connectivity index (χ1) is 15.4. The Morgan fingerprint density at radius 3 is 2.28 bits per heavy atom. The summed E-state index contributed by atoms with van der Waals surface area (Å²) < 4.78 is 32.9. The van der Waals surface area contributed by atoms with Gasteiger partial charge in [-0.3, -0.25) is 0 Å². The van der Waals surface area contributed by atoms with Crippen molar-refractivity contribution in [3.63, 3.8) is 0 Å². The average Bonchev–Trinajstić information content (AvgIpc) is 2.82. The highest BCUT2D eigenvalue weighted by Crippen LogP contribution is 2.31. The van der Waals surface area contributed by atoms with Gasteiger partial charge in [0.25, 0.3) is 0 Å². The molecule has 2 heterocycles. The summed E-state index contributed by atoms with van der Waals surface area (Å²) in [5, 5.41) is 8.95. The lowest BCUT2D eigenvalue weighted by Crippen LogP contribution is -2.49. The first-order valence-corrected chi connectivity index (χ1v) is 12.4. The molecule has 168 valence electrons. The van der Waals surface area contributed by atoms with E-state index in [-0.39, 0.29) is 14.9 Å². The maximum atomic E-state index is 13.0. The molecule has 4 rings (SSSR count). The molecule has 0 atom stereocenters. The van der Waals surface area contributed by atoms with Crippen LogP contribution in [0.2, 0.25) is 10.0 Å². The SMILES string of the molecule is CCOc1ccc(-c2ccc(N3CCN(S(=O)(=O)c4cccc(Cl)c4Cl)CC3)nn2)cc1. The third kappa shape index (κ3) is 4.68. The molecule has 7 nitrogen and oxygen atoms in total. The van der Waals surface area contributed by atoms with Gasteiger partial charge in [0.1, 0.15) is 10.6 Å². The van der Waals surface area contributed by atoms with Crippen LogP contribution in [0.3, 0.4) is 0 Å². The number of rotatable bonds is 6. The van der Waals surface area contributed by atoms with Crippen LogP contribution in [0.15, 0.2) is 59.5 Å². The normalized spacial score (nSPS) is 15.0. The second-order valence-electron chi connectivity index (χ2n) is 7.18. The van der Waals surface area contributed by atoms with Crippen LogP contribution < -0.4 is 9.64 Å². The van der Waals surface area contributed by atoms with Gasteiger partial charge in [0.15, 0.2) is 5.82 Å². The Balaban J connectivity index is 1.42. The maximum Gasteiger partial charge on any atom is 0.244 e. The Hall–Kier alpha value is -2.39. The monoisotopic (exact) mass is 492 g/mol. The van der Waals surface area contributed by atoms with Gasteiger partial charge in [-0.05, 0) is 55.5 Å². The molecule has 1 saturated heterocycles. The summed E-state index contributed by atoms with van der Waals surface area (Å²) in [6.45, 7) is 4.18. The van der Waals surface area contributed by atoms with Crippen molar-refractivity contribution >= 4 is 39.0 Å². The molecule has 0 radical (unpaired) electrons. The van der Waals surface area contributed by atoms with Crippen molar-refractivity contribution in [2.75, 3.05) is 37.7 Å².